The maximum atomic E-state index is 10.9. The molecule has 2 heteroatoms. The molecule has 0 amide bonds. The van der Waals surface area contributed by atoms with E-state index < -0.39 is 6.10 Å². The van der Waals surface area contributed by atoms with Gasteiger partial charge in [0, 0.05) is 6.21 Å². The zero-order chi connectivity index (χ0) is 16.8. The van der Waals surface area contributed by atoms with E-state index in [4.69, 9.17) is 0 Å². The first-order valence-electron chi connectivity index (χ1n) is 8.12. The summed E-state index contributed by atoms with van der Waals surface area (Å²) in [6.07, 6.45) is 1.14. The zero-order valence-corrected chi connectivity index (χ0v) is 13.7. The molecule has 0 aliphatic carbocycles. The van der Waals surface area contributed by atoms with E-state index in [1.165, 1.54) is 5.56 Å². The van der Waals surface area contributed by atoms with Crippen molar-refractivity contribution < 1.29 is 5.11 Å². The van der Waals surface area contributed by atoms with Crippen LogP contribution in [-0.2, 0) is 0 Å². The monoisotopic (exact) mass is 315 g/mol. The Bertz CT molecular complexity index is 779. The fraction of sp³-hybridized carbons (Fsp3) is 0.136. The van der Waals surface area contributed by atoms with Crippen molar-refractivity contribution in [3.63, 3.8) is 0 Å². The average molecular weight is 315 g/mol. The summed E-state index contributed by atoms with van der Waals surface area (Å²) in [5.41, 5.74) is 4.07. The van der Waals surface area contributed by atoms with E-state index in [0.717, 1.165) is 16.7 Å². The van der Waals surface area contributed by atoms with E-state index in [2.05, 4.69) is 4.99 Å². The highest BCUT2D eigenvalue weighted by molar-refractivity contribution is 5.79. The second-order valence-electron chi connectivity index (χ2n) is 5.90. The number of aryl methyl sites for hydroxylation is 1. The molecule has 0 saturated heterocycles. The first-order valence-corrected chi connectivity index (χ1v) is 8.12. The molecule has 0 aliphatic heterocycles. The second-order valence-corrected chi connectivity index (χ2v) is 5.90. The van der Waals surface area contributed by atoms with E-state index in [0.29, 0.717) is 0 Å². The highest BCUT2D eigenvalue weighted by atomic mass is 16.3. The number of rotatable bonds is 5. The highest BCUT2D eigenvalue weighted by Gasteiger charge is 2.21. The van der Waals surface area contributed by atoms with E-state index in [1.807, 2.05) is 98.1 Å². The van der Waals surface area contributed by atoms with Crippen molar-refractivity contribution in [3.05, 3.63) is 107 Å². The first-order chi connectivity index (χ1) is 11.7. The lowest BCUT2D eigenvalue weighted by Gasteiger charge is -2.20. The third-order valence-electron chi connectivity index (χ3n) is 4.04. The van der Waals surface area contributed by atoms with Crippen molar-refractivity contribution >= 4 is 6.21 Å². The Morgan fingerprint density at radius 1 is 0.750 bits per heavy atom. The Balaban J connectivity index is 1.93. The van der Waals surface area contributed by atoms with Crippen molar-refractivity contribution in [1.29, 1.82) is 0 Å². The molecular formula is C22H21NO. The minimum absolute atomic E-state index is 0.339. The van der Waals surface area contributed by atoms with Gasteiger partial charge in [-0.3, -0.25) is 4.99 Å². The molecule has 3 aromatic carbocycles. The molecule has 0 heterocycles. The molecule has 2 nitrogen and oxygen atoms in total. The van der Waals surface area contributed by atoms with Gasteiger partial charge in [0.2, 0.25) is 0 Å². The van der Waals surface area contributed by atoms with Gasteiger partial charge in [-0.05, 0) is 23.6 Å². The van der Waals surface area contributed by atoms with Gasteiger partial charge in [-0.15, -0.1) is 0 Å². The molecule has 0 aliphatic rings. The lowest BCUT2D eigenvalue weighted by Crippen LogP contribution is -2.09. The molecular weight excluding hydrogens is 294 g/mol. The third-order valence-corrected chi connectivity index (χ3v) is 4.04. The van der Waals surface area contributed by atoms with Gasteiger partial charge in [0.1, 0.15) is 12.1 Å². The van der Waals surface area contributed by atoms with Crippen molar-refractivity contribution in [2.75, 3.05) is 0 Å². The summed E-state index contributed by atoms with van der Waals surface area (Å²) in [7, 11) is 0. The summed E-state index contributed by atoms with van der Waals surface area (Å²) in [6.45, 7) is 2.04. The Morgan fingerprint density at radius 2 is 1.33 bits per heavy atom. The van der Waals surface area contributed by atoms with Gasteiger partial charge in [0.15, 0.2) is 0 Å². The third kappa shape index (κ3) is 3.98. The molecule has 0 unspecified atom stereocenters. The van der Waals surface area contributed by atoms with Crippen LogP contribution in [0.2, 0.25) is 0 Å². The fourth-order valence-electron chi connectivity index (χ4n) is 2.65. The van der Waals surface area contributed by atoms with E-state index in [-0.39, 0.29) is 6.04 Å². The van der Waals surface area contributed by atoms with Gasteiger partial charge in [0.25, 0.3) is 0 Å². The lowest BCUT2D eigenvalue weighted by atomic mass is 9.95. The van der Waals surface area contributed by atoms with Crippen LogP contribution in [0.3, 0.4) is 0 Å². The highest BCUT2D eigenvalue weighted by Crippen LogP contribution is 2.32. The van der Waals surface area contributed by atoms with Crippen LogP contribution in [0.25, 0.3) is 0 Å². The van der Waals surface area contributed by atoms with Crippen LogP contribution in [0.4, 0.5) is 0 Å². The Kier molecular flexibility index (Phi) is 5.19. The molecule has 0 fully saturated rings. The van der Waals surface area contributed by atoms with Crippen LogP contribution in [0, 0.1) is 6.92 Å². The quantitative estimate of drug-likeness (QED) is 0.668. The van der Waals surface area contributed by atoms with Gasteiger partial charge in [0.05, 0.1) is 0 Å². The normalized spacial score (nSPS) is 13.8. The topological polar surface area (TPSA) is 32.6 Å². The number of hydrogen-bond donors (Lipinski definition) is 1. The number of hydrogen-bond acceptors (Lipinski definition) is 2. The molecule has 120 valence electrons. The SMILES string of the molecule is Cc1ccc([C@H](O)[C@H](N=Cc2ccccc2)c2ccccc2)cc1. The summed E-state index contributed by atoms with van der Waals surface area (Å²) in [6, 6.07) is 27.5. The fourth-order valence-corrected chi connectivity index (χ4v) is 2.65. The summed E-state index contributed by atoms with van der Waals surface area (Å²) in [4.78, 5) is 4.69. The second kappa shape index (κ2) is 7.71. The standard InChI is InChI=1S/C22H21NO/c1-17-12-14-20(15-13-17)22(24)21(19-10-6-3-7-11-19)23-16-18-8-4-2-5-9-18/h2-16,21-22,24H,1H3/t21-,22+/m1/s1. The number of benzene rings is 3. The number of aliphatic hydroxyl groups is 1. The van der Waals surface area contributed by atoms with Gasteiger partial charge in [-0.1, -0.05) is 90.5 Å². The van der Waals surface area contributed by atoms with Crippen LogP contribution < -0.4 is 0 Å². The van der Waals surface area contributed by atoms with Crippen LogP contribution in [0.15, 0.2) is 89.9 Å². The Morgan fingerprint density at radius 3 is 1.96 bits per heavy atom. The van der Waals surface area contributed by atoms with Crippen molar-refractivity contribution in [2.24, 2.45) is 4.99 Å². The molecule has 0 saturated carbocycles. The Hall–Kier alpha value is -2.71. The number of aliphatic hydroxyl groups excluding tert-OH is 1. The molecule has 0 aromatic heterocycles. The summed E-state index contributed by atoms with van der Waals surface area (Å²) in [5.74, 6) is 0. The lowest BCUT2D eigenvalue weighted by molar-refractivity contribution is 0.148. The molecule has 2 atom stereocenters. The minimum atomic E-state index is -0.687. The van der Waals surface area contributed by atoms with Crippen molar-refractivity contribution in [3.8, 4) is 0 Å². The van der Waals surface area contributed by atoms with E-state index in [9.17, 15) is 5.11 Å². The molecule has 0 radical (unpaired) electrons. The van der Waals surface area contributed by atoms with E-state index in [1.54, 1.807) is 0 Å². The number of nitrogens with zero attached hydrogens (tertiary/aromatic N) is 1. The van der Waals surface area contributed by atoms with Crippen LogP contribution in [0.1, 0.15) is 34.4 Å². The summed E-state index contributed by atoms with van der Waals surface area (Å²) < 4.78 is 0. The van der Waals surface area contributed by atoms with Gasteiger partial charge in [-0.25, -0.2) is 0 Å². The van der Waals surface area contributed by atoms with Crippen LogP contribution in [0.5, 0.6) is 0 Å². The molecule has 0 spiro atoms. The maximum Gasteiger partial charge on any atom is 0.105 e. The first kappa shape index (κ1) is 16.2. The molecule has 1 N–H and O–H groups in total. The smallest absolute Gasteiger partial charge is 0.105 e. The van der Waals surface area contributed by atoms with Gasteiger partial charge in [-0.2, -0.15) is 0 Å². The van der Waals surface area contributed by atoms with Crippen molar-refractivity contribution in [2.45, 2.75) is 19.1 Å². The van der Waals surface area contributed by atoms with Crippen LogP contribution >= 0.6 is 0 Å². The van der Waals surface area contributed by atoms with Crippen molar-refractivity contribution in [1.82, 2.24) is 0 Å². The summed E-state index contributed by atoms with van der Waals surface area (Å²) in [5, 5.41) is 10.9. The minimum Gasteiger partial charge on any atom is -0.386 e. The number of aliphatic imine (C=N–C) groups is 1. The predicted molar refractivity (Wildman–Crippen MR) is 99.4 cm³/mol. The molecule has 3 rings (SSSR count). The Labute approximate surface area is 143 Å². The van der Waals surface area contributed by atoms with Gasteiger partial charge < -0.3 is 5.11 Å². The zero-order valence-electron chi connectivity index (χ0n) is 13.7. The summed E-state index contributed by atoms with van der Waals surface area (Å²) >= 11 is 0. The van der Waals surface area contributed by atoms with E-state index >= 15 is 0 Å². The molecule has 3 aromatic rings. The average Bonchev–Trinajstić information content (AvgIpc) is 2.64. The predicted octanol–water partition coefficient (Wildman–Crippen LogP) is 4.89. The van der Waals surface area contributed by atoms with Gasteiger partial charge >= 0.3 is 0 Å². The van der Waals surface area contributed by atoms with Crippen LogP contribution in [-0.4, -0.2) is 11.3 Å². The molecule has 24 heavy (non-hydrogen) atoms. The molecule has 0 bridgehead atoms. The maximum absolute atomic E-state index is 10.9. The largest absolute Gasteiger partial charge is 0.386 e.